The molecule has 1 heterocycles. The van der Waals surface area contributed by atoms with Crippen molar-refractivity contribution in [2.75, 3.05) is 33.7 Å². The molecule has 4 nitrogen and oxygen atoms in total. The Morgan fingerprint density at radius 3 is 2.69 bits per heavy atom. The fraction of sp³-hybridized carbons (Fsp3) is 0.889. The van der Waals surface area contributed by atoms with Crippen LogP contribution >= 0.6 is 0 Å². The van der Waals surface area contributed by atoms with Crippen molar-refractivity contribution in [2.45, 2.75) is 12.8 Å². The molecule has 1 fully saturated rings. The molecule has 0 amide bonds. The summed E-state index contributed by atoms with van der Waals surface area (Å²) in [5, 5.41) is 3.13. The van der Waals surface area contributed by atoms with E-state index in [-0.39, 0.29) is 0 Å². The van der Waals surface area contributed by atoms with Crippen molar-refractivity contribution in [2.24, 2.45) is 16.6 Å². The topological polar surface area (TPSA) is 53.6 Å². The maximum atomic E-state index is 5.55. The van der Waals surface area contributed by atoms with Crippen LogP contribution < -0.4 is 11.1 Å². The number of likely N-dealkylation sites (tertiary alicyclic amines) is 1. The van der Waals surface area contributed by atoms with Crippen molar-refractivity contribution in [3.8, 4) is 0 Å². The number of nitrogens with two attached hydrogens (primary N) is 1. The molecule has 0 aromatic rings. The molecular weight excluding hydrogens is 164 g/mol. The van der Waals surface area contributed by atoms with Crippen molar-refractivity contribution in [3.05, 3.63) is 0 Å². The van der Waals surface area contributed by atoms with E-state index in [0.717, 1.165) is 12.5 Å². The minimum atomic E-state index is 0.555. The van der Waals surface area contributed by atoms with Crippen LogP contribution in [0.3, 0.4) is 0 Å². The standard InChI is InChI=1S/C9H20N4/c1-11-9(10)12-7-8-3-5-13(2)6-4-8/h8H,3-7H2,1-2H3,(H3,10,11,12). The Hall–Kier alpha value is -0.770. The molecule has 0 radical (unpaired) electrons. The van der Waals surface area contributed by atoms with E-state index in [0.29, 0.717) is 5.96 Å². The smallest absolute Gasteiger partial charge is 0.188 e. The second kappa shape index (κ2) is 5.07. The second-order valence-electron chi connectivity index (χ2n) is 3.74. The molecule has 0 aromatic carbocycles. The minimum Gasteiger partial charge on any atom is -0.370 e. The van der Waals surface area contributed by atoms with Gasteiger partial charge in [-0.3, -0.25) is 4.99 Å². The van der Waals surface area contributed by atoms with Gasteiger partial charge in [-0.05, 0) is 38.9 Å². The highest BCUT2D eigenvalue weighted by atomic mass is 15.1. The lowest BCUT2D eigenvalue weighted by Gasteiger charge is -2.28. The molecule has 0 aromatic heterocycles. The van der Waals surface area contributed by atoms with Crippen molar-refractivity contribution in [1.29, 1.82) is 0 Å². The summed E-state index contributed by atoms with van der Waals surface area (Å²) in [5.41, 5.74) is 5.55. The van der Waals surface area contributed by atoms with Crippen LogP contribution in [0.5, 0.6) is 0 Å². The van der Waals surface area contributed by atoms with Crippen molar-refractivity contribution < 1.29 is 0 Å². The Morgan fingerprint density at radius 2 is 2.15 bits per heavy atom. The van der Waals surface area contributed by atoms with E-state index in [1.54, 1.807) is 7.05 Å². The van der Waals surface area contributed by atoms with Crippen LogP contribution in [0.2, 0.25) is 0 Å². The van der Waals surface area contributed by atoms with E-state index in [9.17, 15) is 0 Å². The van der Waals surface area contributed by atoms with Crippen LogP contribution in [-0.2, 0) is 0 Å². The number of nitrogens with zero attached hydrogens (tertiary/aromatic N) is 2. The maximum absolute atomic E-state index is 5.55. The molecule has 0 unspecified atom stereocenters. The highest BCUT2D eigenvalue weighted by Gasteiger charge is 2.15. The third-order valence-corrected chi connectivity index (χ3v) is 2.65. The number of guanidine groups is 1. The highest BCUT2D eigenvalue weighted by Crippen LogP contribution is 2.14. The number of rotatable bonds is 2. The van der Waals surface area contributed by atoms with E-state index in [4.69, 9.17) is 5.73 Å². The van der Waals surface area contributed by atoms with Gasteiger partial charge in [0, 0.05) is 13.6 Å². The summed E-state index contributed by atoms with van der Waals surface area (Å²) < 4.78 is 0. The molecule has 0 spiro atoms. The summed E-state index contributed by atoms with van der Waals surface area (Å²) in [5.74, 6) is 1.32. The van der Waals surface area contributed by atoms with E-state index in [1.165, 1.54) is 25.9 Å². The predicted octanol–water partition coefficient (Wildman–Crippen LogP) is -0.138. The van der Waals surface area contributed by atoms with Crippen LogP contribution in [-0.4, -0.2) is 44.6 Å². The van der Waals surface area contributed by atoms with E-state index in [2.05, 4.69) is 22.3 Å². The summed E-state index contributed by atoms with van der Waals surface area (Å²) in [6.07, 6.45) is 2.53. The predicted molar refractivity (Wildman–Crippen MR) is 55.8 cm³/mol. The molecular formula is C9H20N4. The van der Waals surface area contributed by atoms with Gasteiger partial charge in [0.15, 0.2) is 5.96 Å². The molecule has 1 aliphatic heterocycles. The van der Waals surface area contributed by atoms with E-state index in [1.807, 2.05) is 0 Å². The van der Waals surface area contributed by atoms with E-state index >= 15 is 0 Å². The first-order valence-electron chi connectivity index (χ1n) is 4.87. The van der Waals surface area contributed by atoms with Crippen molar-refractivity contribution >= 4 is 5.96 Å². The molecule has 0 saturated carbocycles. The largest absolute Gasteiger partial charge is 0.370 e. The number of nitrogens with one attached hydrogen (secondary N) is 1. The van der Waals surface area contributed by atoms with Crippen molar-refractivity contribution in [3.63, 3.8) is 0 Å². The van der Waals surface area contributed by atoms with Gasteiger partial charge in [0.05, 0.1) is 0 Å². The number of hydrogen-bond acceptors (Lipinski definition) is 2. The Labute approximate surface area is 80.2 Å². The SMILES string of the molecule is CN=C(N)NCC1CCN(C)CC1. The fourth-order valence-corrected chi connectivity index (χ4v) is 1.59. The lowest BCUT2D eigenvalue weighted by molar-refractivity contribution is 0.220. The summed E-state index contributed by atoms with van der Waals surface area (Å²) in [6.45, 7) is 3.38. The van der Waals surface area contributed by atoms with Gasteiger partial charge in [0.25, 0.3) is 0 Å². The quantitative estimate of drug-likeness (QED) is 0.464. The molecule has 1 rings (SSSR count). The third kappa shape index (κ3) is 3.63. The summed E-state index contributed by atoms with van der Waals surface area (Å²) in [6, 6.07) is 0. The van der Waals surface area contributed by atoms with Crippen LogP contribution in [0.4, 0.5) is 0 Å². The van der Waals surface area contributed by atoms with E-state index < -0.39 is 0 Å². The van der Waals surface area contributed by atoms with Gasteiger partial charge < -0.3 is 16.0 Å². The zero-order chi connectivity index (χ0) is 9.68. The lowest BCUT2D eigenvalue weighted by Crippen LogP contribution is -2.39. The molecule has 4 heteroatoms. The molecule has 76 valence electrons. The van der Waals surface area contributed by atoms with Gasteiger partial charge in [-0.15, -0.1) is 0 Å². The summed E-state index contributed by atoms with van der Waals surface area (Å²) >= 11 is 0. The molecule has 3 N–H and O–H groups in total. The van der Waals surface area contributed by atoms with Gasteiger partial charge >= 0.3 is 0 Å². The van der Waals surface area contributed by atoms with Gasteiger partial charge in [-0.2, -0.15) is 0 Å². The average Bonchev–Trinajstić information content (AvgIpc) is 2.16. The Balaban J connectivity index is 2.16. The third-order valence-electron chi connectivity index (χ3n) is 2.65. The van der Waals surface area contributed by atoms with Gasteiger partial charge in [0.2, 0.25) is 0 Å². The molecule has 0 aliphatic carbocycles. The Bertz CT molecular complexity index is 170. The van der Waals surface area contributed by atoms with Crippen LogP contribution in [0.25, 0.3) is 0 Å². The average molecular weight is 184 g/mol. The first-order valence-corrected chi connectivity index (χ1v) is 4.87. The van der Waals surface area contributed by atoms with Gasteiger partial charge in [-0.1, -0.05) is 0 Å². The normalized spacial score (nSPS) is 21.8. The number of hydrogen-bond donors (Lipinski definition) is 2. The molecule has 13 heavy (non-hydrogen) atoms. The second-order valence-corrected chi connectivity index (χ2v) is 3.74. The van der Waals surface area contributed by atoms with Crippen molar-refractivity contribution in [1.82, 2.24) is 10.2 Å². The minimum absolute atomic E-state index is 0.555. The van der Waals surface area contributed by atoms with Crippen LogP contribution in [0.1, 0.15) is 12.8 Å². The fourth-order valence-electron chi connectivity index (χ4n) is 1.59. The zero-order valence-corrected chi connectivity index (χ0v) is 8.58. The van der Waals surface area contributed by atoms with Crippen LogP contribution in [0.15, 0.2) is 4.99 Å². The molecule has 1 saturated heterocycles. The Morgan fingerprint density at radius 1 is 1.54 bits per heavy atom. The molecule has 0 atom stereocenters. The number of aliphatic imine (C=N–C) groups is 1. The zero-order valence-electron chi connectivity index (χ0n) is 8.58. The number of piperidine rings is 1. The Kier molecular flexibility index (Phi) is 4.02. The summed E-state index contributed by atoms with van der Waals surface area (Å²) in [4.78, 5) is 6.23. The first-order chi connectivity index (χ1) is 6.22. The molecule has 0 bridgehead atoms. The lowest BCUT2D eigenvalue weighted by atomic mass is 9.97. The first kappa shape index (κ1) is 10.3. The summed E-state index contributed by atoms with van der Waals surface area (Å²) in [7, 11) is 3.88. The van der Waals surface area contributed by atoms with Gasteiger partial charge in [-0.25, -0.2) is 0 Å². The monoisotopic (exact) mass is 184 g/mol. The maximum Gasteiger partial charge on any atom is 0.188 e. The van der Waals surface area contributed by atoms with Gasteiger partial charge in [0.1, 0.15) is 0 Å². The molecule has 1 aliphatic rings. The van der Waals surface area contributed by atoms with Crippen LogP contribution in [0, 0.1) is 5.92 Å². The highest BCUT2D eigenvalue weighted by molar-refractivity contribution is 5.77.